The van der Waals surface area contributed by atoms with Crippen molar-refractivity contribution >= 4 is 29.3 Å². The molecule has 0 saturated heterocycles. The van der Waals surface area contributed by atoms with Gasteiger partial charge in [-0.25, -0.2) is 14.2 Å². The molecule has 1 unspecified atom stereocenters. The van der Waals surface area contributed by atoms with Gasteiger partial charge in [-0.05, 0) is 63.2 Å². The molecule has 12 nitrogen and oxygen atoms in total. The smallest absolute Gasteiger partial charge is 0.490 e. The van der Waals surface area contributed by atoms with Crippen molar-refractivity contribution in [3.05, 3.63) is 83.2 Å². The Morgan fingerprint density at radius 2 is 1.67 bits per heavy atom. The third kappa shape index (κ3) is 10.6. The van der Waals surface area contributed by atoms with E-state index in [4.69, 9.17) is 30.5 Å². The van der Waals surface area contributed by atoms with E-state index in [1.165, 1.54) is 24.4 Å². The quantitative estimate of drug-likeness (QED) is 0.0624. The molecule has 2 aromatic carbocycles. The third-order valence-corrected chi connectivity index (χ3v) is 5.35. The number of amidine groups is 1. The fourth-order valence-electron chi connectivity index (χ4n) is 3.40. The number of benzene rings is 2. The number of carbonyl (C=O) groups is 3. The molecule has 1 heterocycles. The van der Waals surface area contributed by atoms with E-state index in [1.54, 1.807) is 45.0 Å². The summed E-state index contributed by atoms with van der Waals surface area (Å²) >= 11 is 0. The number of alkyl halides is 3. The molecule has 0 bridgehead atoms. The van der Waals surface area contributed by atoms with Crippen molar-refractivity contribution in [2.45, 2.75) is 39.1 Å². The van der Waals surface area contributed by atoms with Crippen LogP contribution in [0.1, 0.15) is 48.3 Å². The van der Waals surface area contributed by atoms with Gasteiger partial charge in [0.1, 0.15) is 17.7 Å². The van der Waals surface area contributed by atoms with Crippen LogP contribution in [-0.4, -0.2) is 52.6 Å². The molecule has 0 aliphatic heterocycles. The number of hydrogen-bond acceptors (Lipinski definition) is 8. The first-order chi connectivity index (χ1) is 21.0. The first-order valence-corrected chi connectivity index (χ1v) is 12.9. The maximum absolute atomic E-state index is 15.4. The summed E-state index contributed by atoms with van der Waals surface area (Å²) in [7, 11) is 0. The number of pyridine rings is 1. The maximum Gasteiger partial charge on any atom is 0.490 e. The number of rotatable bonds is 10. The lowest BCUT2D eigenvalue weighted by molar-refractivity contribution is -0.192. The molecule has 0 aliphatic carbocycles. The number of aliphatic carboxylic acids is 1. The van der Waals surface area contributed by atoms with E-state index in [0.717, 1.165) is 6.07 Å². The van der Waals surface area contributed by atoms with Crippen molar-refractivity contribution in [3.8, 4) is 11.5 Å². The zero-order valence-electron chi connectivity index (χ0n) is 24.0. The minimum Gasteiger partial charge on any atom is -0.490 e. The van der Waals surface area contributed by atoms with Crippen LogP contribution >= 0.6 is 0 Å². The molecule has 242 valence electrons. The van der Waals surface area contributed by atoms with E-state index < -0.39 is 47.3 Å². The second kappa shape index (κ2) is 15.8. The summed E-state index contributed by atoms with van der Waals surface area (Å²) in [6.07, 6.45) is -4.17. The van der Waals surface area contributed by atoms with Crippen LogP contribution in [0.25, 0.3) is 0 Å². The highest BCUT2D eigenvalue weighted by Crippen LogP contribution is 2.35. The summed E-state index contributed by atoms with van der Waals surface area (Å²) in [5.41, 5.74) is 10.1. The minimum atomic E-state index is -5.08. The fraction of sp³-hybridized carbons (Fsp3) is 0.250. The second-order valence-electron chi connectivity index (χ2n) is 9.08. The van der Waals surface area contributed by atoms with Crippen molar-refractivity contribution in [2.24, 2.45) is 5.73 Å². The van der Waals surface area contributed by atoms with Crippen molar-refractivity contribution < 1.29 is 50.9 Å². The van der Waals surface area contributed by atoms with Crippen molar-refractivity contribution in [2.75, 3.05) is 11.9 Å². The lowest BCUT2D eigenvalue weighted by Crippen LogP contribution is -2.46. The first-order valence-electron chi connectivity index (χ1n) is 12.9. The van der Waals surface area contributed by atoms with Crippen LogP contribution in [0.15, 0.2) is 54.7 Å². The van der Waals surface area contributed by atoms with Gasteiger partial charge < -0.3 is 25.6 Å². The lowest BCUT2D eigenvalue weighted by atomic mass is 10.0. The number of nitrogens with two attached hydrogens (primary N) is 1. The molecule has 2 amide bonds. The van der Waals surface area contributed by atoms with Gasteiger partial charge in [-0.15, -0.1) is 0 Å². The molecule has 0 fully saturated rings. The van der Waals surface area contributed by atoms with Gasteiger partial charge in [-0.3, -0.25) is 25.8 Å². The predicted octanol–water partition coefficient (Wildman–Crippen LogP) is 4.08. The summed E-state index contributed by atoms with van der Waals surface area (Å²) < 4.78 is 72.2. The number of nitrogens with zero attached hydrogens (tertiary/aromatic N) is 1. The van der Waals surface area contributed by atoms with Gasteiger partial charge in [0.2, 0.25) is 5.95 Å². The van der Waals surface area contributed by atoms with E-state index in [-0.39, 0.29) is 35.6 Å². The number of hydrazine groups is 1. The average Bonchev–Trinajstić information content (AvgIpc) is 2.96. The Morgan fingerprint density at radius 1 is 1.04 bits per heavy atom. The van der Waals surface area contributed by atoms with Crippen molar-refractivity contribution in [3.63, 3.8) is 0 Å². The molecule has 0 radical (unpaired) electrons. The number of carboxylic acids is 1. The number of carbonyl (C=O) groups excluding carboxylic acids is 2. The summed E-state index contributed by atoms with van der Waals surface area (Å²) in [5.74, 6) is -6.15. The summed E-state index contributed by atoms with van der Waals surface area (Å²) in [6, 6.07) is 9.83. The molecule has 0 spiro atoms. The molecular formula is C28H29F5N6O6. The number of aromatic nitrogens is 1. The summed E-state index contributed by atoms with van der Waals surface area (Å²) in [4.78, 5) is 37.9. The number of amides is 2. The number of carboxylic acid groups (broad SMARTS) is 1. The predicted molar refractivity (Wildman–Crippen MR) is 151 cm³/mol. The SMILES string of the molecule is CCOc1cc(C(Nc2ccc(C(=N)N)cc2)C(=O)NNC(=O)c2cccnc2F)c(F)cc1OC(C)C.O=C(O)C(F)(F)F. The Labute approximate surface area is 253 Å². The molecular weight excluding hydrogens is 611 g/mol. The standard InChI is InChI=1S/C26H28F2N6O4.C2HF3O2/c1-4-37-20-12-18(19(27)13-21(20)38-14(2)3)22(32-16-9-7-15(8-10-16)24(29)30)26(36)34-33-25(35)17-6-5-11-31-23(17)28;3-2(4,5)1(6)7/h5-14,22,32H,4H2,1-3H3,(H3,29,30)(H,33,35)(H,34,36);(H,6,7). The third-order valence-electron chi connectivity index (χ3n) is 5.35. The Hall–Kier alpha value is -5.48. The molecule has 1 aromatic heterocycles. The zero-order valence-corrected chi connectivity index (χ0v) is 24.0. The van der Waals surface area contributed by atoms with E-state index in [1.807, 2.05) is 0 Å². The number of halogens is 5. The highest BCUT2D eigenvalue weighted by molar-refractivity contribution is 5.97. The monoisotopic (exact) mass is 640 g/mol. The average molecular weight is 641 g/mol. The van der Waals surface area contributed by atoms with Crippen LogP contribution in [-0.2, 0) is 9.59 Å². The molecule has 45 heavy (non-hydrogen) atoms. The Morgan fingerprint density at radius 3 is 2.18 bits per heavy atom. The van der Waals surface area contributed by atoms with E-state index in [9.17, 15) is 27.2 Å². The highest BCUT2D eigenvalue weighted by Gasteiger charge is 2.38. The Balaban J connectivity index is 0.000000900. The van der Waals surface area contributed by atoms with Crippen LogP contribution in [0.5, 0.6) is 11.5 Å². The molecule has 1 atom stereocenters. The fourth-order valence-corrected chi connectivity index (χ4v) is 3.40. The number of anilines is 1. The number of hydrogen-bond donors (Lipinski definition) is 6. The van der Waals surface area contributed by atoms with Crippen molar-refractivity contribution in [1.29, 1.82) is 5.41 Å². The van der Waals surface area contributed by atoms with Crippen LogP contribution in [0.2, 0.25) is 0 Å². The molecule has 17 heteroatoms. The topological polar surface area (TPSA) is 189 Å². The number of ether oxygens (including phenoxy) is 2. The minimum absolute atomic E-state index is 0.112. The van der Waals surface area contributed by atoms with Crippen LogP contribution < -0.4 is 31.4 Å². The molecule has 0 saturated carbocycles. The number of nitrogens with one attached hydrogen (secondary N) is 4. The first kappa shape index (κ1) is 35.7. The zero-order chi connectivity index (χ0) is 33.9. The van der Waals surface area contributed by atoms with Crippen LogP contribution in [0, 0.1) is 17.2 Å². The molecule has 7 N–H and O–H groups in total. The van der Waals surface area contributed by atoms with Gasteiger partial charge in [0.25, 0.3) is 11.8 Å². The van der Waals surface area contributed by atoms with Crippen molar-refractivity contribution in [1.82, 2.24) is 15.8 Å². The van der Waals surface area contributed by atoms with Gasteiger partial charge in [-0.1, -0.05) is 0 Å². The lowest BCUT2D eigenvalue weighted by Gasteiger charge is -2.23. The largest absolute Gasteiger partial charge is 0.490 e. The van der Waals surface area contributed by atoms with Crippen LogP contribution in [0.3, 0.4) is 0 Å². The van der Waals surface area contributed by atoms with Crippen LogP contribution in [0.4, 0.5) is 27.6 Å². The number of nitrogen functional groups attached to an aromatic ring is 1. The normalized spacial score (nSPS) is 11.4. The molecule has 3 aromatic rings. The van der Waals surface area contributed by atoms with Gasteiger partial charge in [0.15, 0.2) is 11.5 Å². The molecule has 0 aliphatic rings. The molecule has 3 rings (SSSR count). The van der Waals surface area contributed by atoms with Gasteiger partial charge in [-0.2, -0.15) is 17.6 Å². The highest BCUT2D eigenvalue weighted by atomic mass is 19.4. The van der Waals surface area contributed by atoms with Gasteiger partial charge in [0, 0.05) is 29.1 Å². The summed E-state index contributed by atoms with van der Waals surface area (Å²) in [5, 5.41) is 17.6. The Bertz CT molecular complexity index is 1520. The van der Waals surface area contributed by atoms with E-state index in [2.05, 4.69) is 21.2 Å². The van der Waals surface area contributed by atoms with Gasteiger partial charge >= 0.3 is 12.1 Å². The maximum atomic E-state index is 15.4. The Kier molecular flexibility index (Phi) is 12.6. The second-order valence-corrected chi connectivity index (χ2v) is 9.08. The summed E-state index contributed by atoms with van der Waals surface area (Å²) in [6.45, 7) is 5.55. The van der Waals surface area contributed by atoms with E-state index >= 15 is 4.39 Å². The van der Waals surface area contributed by atoms with E-state index in [0.29, 0.717) is 11.3 Å². The van der Waals surface area contributed by atoms with Gasteiger partial charge in [0.05, 0.1) is 18.3 Å².